The van der Waals surface area contributed by atoms with Crippen LogP contribution in [0.15, 0.2) is 0 Å². The van der Waals surface area contributed by atoms with E-state index in [0.29, 0.717) is 13.0 Å². The van der Waals surface area contributed by atoms with E-state index < -0.39 is 0 Å². The molecule has 0 aliphatic carbocycles. The second-order valence-electron chi connectivity index (χ2n) is 6.24. The number of ether oxygens (including phenoxy) is 1. The van der Waals surface area contributed by atoms with E-state index in [1.54, 1.807) is 0 Å². The Hall–Kier alpha value is -0.610. The van der Waals surface area contributed by atoms with E-state index in [4.69, 9.17) is 14.9 Å². The average Bonchev–Trinajstić information content (AvgIpc) is 2.59. The zero-order valence-corrected chi connectivity index (χ0v) is 16.2. The molecule has 0 aromatic rings. The van der Waals surface area contributed by atoms with Gasteiger partial charge in [0.1, 0.15) is 0 Å². The zero-order chi connectivity index (χ0) is 18.3. The highest BCUT2D eigenvalue weighted by atomic mass is 16.5. The Labute approximate surface area is 150 Å². The lowest BCUT2D eigenvalue weighted by atomic mass is 10.0. The molecule has 0 spiro atoms. The summed E-state index contributed by atoms with van der Waals surface area (Å²) in [5, 5.41) is 15.2. The van der Waals surface area contributed by atoms with Crippen LogP contribution in [0.4, 0.5) is 0 Å². The molecule has 0 saturated heterocycles. The van der Waals surface area contributed by atoms with E-state index >= 15 is 0 Å². The third kappa shape index (κ3) is 26.3. The van der Waals surface area contributed by atoms with Crippen LogP contribution < -0.4 is 0 Å². The van der Waals surface area contributed by atoms with Gasteiger partial charge >= 0.3 is 5.97 Å². The summed E-state index contributed by atoms with van der Waals surface area (Å²) in [6, 6.07) is 0. The van der Waals surface area contributed by atoms with Crippen LogP contribution in [-0.2, 0) is 9.53 Å². The van der Waals surface area contributed by atoms with Crippen molar-refractivity contribution in [2.45, 2.75) is 104 Å². The minimum Gasteiger partial charge on any atom is -0.466 e. The van der Waals surface area contributed by atoms with Gasteiger partial charge in [-0.2, -0.15) is 0 Å². The number of rotatable bonds is 16. The van der Waals surface area contributed by atoms with Gasteiger partial charge in [0.25, 0.3) is 0 Å². The lowest BCUT2D eigenvalue weighted by Gasteiger charge is -2.03. The van der Waals surface area contributed by atoms with Crippen molar-refractivity contribution in [3.63, 3.8) is 0 Å². The van der Waals surface area contributed by atoms with E-state index in [0.717, 1.165) is 6.42 Å². The molecule has 0 saturated carbocycles. The Morgan fingerprint density at radius 3 is 1.38 bits per heavy atom. The van der Waals surface area contributed by atoms with E-state index in [2.05, 4.69) is 6.92 Å². The molecule has 0 rings (SSSR count). The summed E-state index contributed by atoms with van der Waals surface area (Å²) in [4.78, 5) is 11.1. The van der Waals surface area contributed by atoms with Crippen molar-refractivity contribution in [3.8, 4) is 0 Å². The largest absolute Gasteiger partial charge is 0.466 e. The monoisotopic (exact) mass is 346 g/mol. The van der Waals surface area contributed by atoms with Crippen molar-refractivity contribution >= 4 is 5.97 Å². The number of carbonyl (C=O) groups is 1. The molecule has 0 fully saturated rings. The van der Waals surface area contributed by atoms with Gasteiger partial charge in [0.05, 0.1) is 19.8 Å². The second kappa shape index (κ2) is 24.6. The maximum atomic E-state index is 11.1. The number of esters is 1. The molecule has 0 aromatic carbocycles. The summed E-state index contributed by atoms with van der Waals surface area (Å²) in [5.74, 6) is -0.0319. The fourth-order valence-electron chi connectivity index (χ4n) is 2.52. The normalized spacial score (nSPS) is 10.2. The number of carbonyl (C=O) groups excluding carboxylic acids is 1. The van der Waals surface area contributed by atoms with Gasteiger partial charge in [-0.1, -0.05) is 84.0 Å². The Bertz CT molecular complexity index is 230. The molecular weight excluding hydrogens is 304 g/mol. The lowest BCUT2D eigenvalue weighted by Crippen LogP contribution is -2.03. The van der Waals surface area contributed by atoms with Crippen LogP contribution in [-0.4, -0.2) is 36.0 Å². The molecule has 2 N–H and O–H groups in total. The fourth-order valence-corrected chi connectivity index (χ4v) is 2.52. The van der Waals surface area contributed by atoms with E-state index in [1.165, 1.54) is 77.0 Å². The average molecular weight is 347 g/mol. The molecule has 0 heterocycles. The van der Waals surface area contributed by atoms with Crippen molar-refractivity contribution in [1.82, 2.24) is 0 Å². The third-order valence-corrected chi connectivity index (χ3v) is 3.89. The number of unbranched alkanes of at least 4 members (excludes halogenated alkanes) is 12. The number of aliphatic hydroxyl groups is 2. The Kier molecular flexibility index (Phi) is 26.3. The smallest absolute Gasteiger partial charge is 0.305 e. The molecule has 0 aliphatic rings. The summed E-state index contributed by atoms with van der Waals surface area (Å²) in [6.07, 6.45) is 18.0. The highest BCUT2D eigenvalue weighted by Crippen LogP contribution is 2.12. The first-order valence-corrected chi connectivity index (χ1v) is 10.1. The highest BCUT2D eigenvalue weighted by Gasteiger charge is 2.00. The van der Waals surface area contributed by atoms with Gasteiger partial charge in [-0.25, -0.2) is 0 Å². The van der Waals surface area contributed by atoms with Crippen molar-refractivity contribution in [1.29, 1.82) is 0 Å². The van der Waals surface area contributed by atoms with Gasteiger partial charge < -0.3 is 14.9 Å². The van der Waals surface area contributed by atoms with Crippen molar-refractivity contribution in [2.24, 2.45) is 0 Å². The van der Waals surface area contributed by atoms with E-state index in [9.17, 15) is 4.79 Å². The van der Waals surface area contributed by atoms with Gasteiger partial charge in [-0.05, 0) is 13.3 Å². The molecule has 0 amide bonds. The summed E-state index contributed by atoms with van der Waals surface area (Å²) in [5.41, 5.74) is 0. The molecular formula is C20H42O4. The molecule has 0 aliphatic heterocycles. The fraction of sp³-hybridized carbons (Fsp3) is 0.950. The molecule has 4 nitrogen and oxygen atoms in total. The maximum absolute atomic E-state index is 11.1. The van der Waals surface area contributed by atoms with Crippen molar-refractivity contribution < 1.29 is 19.7 Å². The first-order valence-electron chi connectivity index (χ1n) is 10.1. The Morgan fingerprint density at radius 1 is 0.667 bits per heavy atom. The van der Waals surface area contributed by atoms with Crippen molar-refractivity contribution in [3.05, 3.63) is 0 Å². The molecule has 24 heavy (non-hydrogen) atoms. The summed E-state index contributed by atoms with van der Waals surface area (Å²) in [7, 11) is 0. The summed E-state index contributed by atoms with van der Waals surface area (Å²) >= 11 is 0. The molecule has 0 unspecified atom stereocenters. The van der Waals surface area contributed by atoms with Gasteiger partial charge in [0.2, 0.25) is 0 Å². The zero-order valence-electron chi connectivity index (χ0n) is 16.2. The Balaban J connectivity index is 0. The highest BCUT2D eigenvalue weighted by molar-refractivity contribution is 5.69. The summed E-state index contributed by atoms with van der Waals surface area (Å²) < 4.78 is 4.91. The molecule has 0 bridgehead atoms. The molecule has 146 valence electrons. The SMILES string of the molecule is CCCCCCCCCCCCCCCC(=O)OCC.OCCO. The molecule has 0 atom stereocenters. The minimum atomic E-state index is -0.125. The number of aliphatic hydroxyl groups excluding tert-OH is 2. The maximum Gasteiger partial charge on any atom is 0.305 e. The topological polar surface area (TPSA) is 66.8 Å². The first kappa shape index (κ1) is 25.6. The van der Waals surface area contributed by atoms with Crippen LogP contribution in [0.3, 0.4) is 0 Å². The molecule has 4 heteroatoms. The predicted molar refractivity (Wildman–Crippen MR) is 101 cm³/mol. The van der Waals surface area contributed by atoms with Gasteiger partial charge in [0.15, 0.2) is 0 Å². The Morgan fingerprint density at radius 2 is 1.04 bits per heavy atom. The molecule has 0 radical (unpaired) electrons. The van der Waals surface area contributed by atoms with Crippen molar-refractivity contribution in [2.75, 3.05) is 19.8 Å². The number of hydrogen-bond acceptors (Lipinski definition) is 4. The number of hydrogen-bond donors (Lipinski definition) is 2. The standard InChI is InChI=1S/C18H36O2.C2H6O2/c1-3-5-6-7-8-9-10-11-12-13-14-15-16-17-18(19)20-4-2;3-1-2-4/h3-17H2,1-2H3;3-4H,1-2H2. The minimum absolute atomic E-state index is 0.0319. The van der Waals surface area contributed by atoms with Gasteiger partial charge in [-0.3, -0.25) is 4.79 Å². The molecule has 0 aromatic heterocycles. The second-order valence-corrected chi connectivity index (χ2v) is 6.24. The van der Waals surface area contributed by atoms with Crippen LogP contribution in [0.2, 0.25) is 0 Å². The van der Waals surface area contributed by atoms with Crippen LogP contribution in [0.25, 0.3) is 0 Å². The summed E-state index contributed by atoms with van der Waals surface area (Å²) in [6.45, 7) is 4.39. The van der Waals surface area contributed by atoms with Gasteiger partial charge in [-0.15, -0.1) is 0 Å². The quantitative estimate of drug-likeness (QED) is 0.305. The third-order valence-electron chi connectivity index (χ3n) is 3.89. The van der Waals surface area contributed by atoms with E-state index in [-0.39, 0.29) is 19.2 Å². The van der Waals surface area contributed by atoms with Gasteiger partial charge in [0, 0.05) is 6.42 Å². The first-order chi connectivity index (χ1) is 11.7. The lowest BCUT2D eigenvalue weighted by molar-refractivity contribution is -0.143. The van der Waals surface area contributed by atoms with Crippen LogP contribution in [0.1, 0.15) is 104 Å². The predicted octanol–water partition coefficient (Wildman–Crippen LogP) is 5.00. The van der Waals surface area contributed by atoms with Crippen LogP contribution in [0, 0.1) is 0 Å². The van der Waals surface area contributed by atoms with E-state index in [1.807, 2.05) is 6.92 Å². The van der Waals surface area contributed by atoms with Crippen LogP contribution >= 0.6 is 0 Å². The van der Waals surface area contributed by atoms with Crippen LogP contribution in [0.5, 0.6) is 0 Å².